The van der Waals surface area contributed by atoms with Gasteiger partial charge in [0.2, 0.25) is 11.9 Å². The van der Waals surface area contributed by atoms with Crippen molar-refractivity contribution in [3.63, 3.8) is 0 Å². The molecule has 0 spiro atoms. The number of carbonyl (C=O) groups is 1. The SMILES string of the molecule is Cc1cc(C)n(CCCC(=O)NCC2CCCN(c3ncccn3)C2)n1. The highest BCUT2D eigenvalue weighted by atomic mass is 16.1. The topological polar surface area (TPSA) is 75.9 Å². The molecule has 2 aromatic rings. The van der Waals surface area contributed by atoms with Gasteiger partial charge in [0.1, 0.15) is 0 Å². The molecule has 1 atom stereocenters. The van der Waals surface area contributed by atoms with Gasteiger partial charge in [-0.2, -0.15) is 5.10 Å². The minimum absolute atomic E-state index is 0.125. The largest absolute Gasteiger partial charge is 0.356 e. The molecule has 7 heteroatoms. The van der Waals surface area contributed by atoms with Crippen LogP contribution in [-0.4, -0.2) is 45.3 Å². The van der Waals surface area contributed by atoms with Gasteiger partial charge in [0.25, 0.3) is 0 Å². The highest BCUT2D eigenvalue weighted by Crippen LogP contribution is 2.19. The van der Waals surface area contributed by atoms with Crippen LogP contribution in [0.15, 0.2) is 24.5 Å². The van der Waals surface area contributed by atoms with Crippen LogP contribution in [0.25, 0.3) is 0 Å². The zero-order chi connectivity index (χ0) is 18.4. The van der Waals surface area contributed by atoms with Crippen molar-refractivity contribution in [2.45, 2.75) is 46.1 Å². The molecule has 0 radical (unpaired) electrons. The first-order chi connectivity index (χ1) is 12.6. The lowest BCUT2D eigenvalue weighted by atomic mass is 9.98. The van der Waals surface area contributed by atoms with Crippen molar-refractivity contribution in [1.82, 2.24) is 25.1 Å². The number of hydrogen-bond donors (Lipinski definition) is 1. The first kappa shape index (κ1) is 18.4. The second-order valence-electron chi connectivity index (χ2n) is 7.06. The Balaban J connectivity index is 1.38. The van der Waals surface area contributed by atoms with Crippen molar-refractivity contribution in [1.29, 1.82) is 0 Å². The summed E-state index contributed by atoms with van der Waals surface area (Å²) in [4.78, 5) is 23.0. The number of piperidine rings is 1. The maximum atomic E-state index is 12.1. The van der Waals surface area contributed by atoms with Gasteiger partial charge in [-0.05, 0) is 51.2 Å². The Hall–Kier alpha value is -2.44. The van der Waals surface area contributed by atoms with E-state index in [9.17, 15) is 4.79 Å². The summed E-state index contributed by atoms with van der Waals surface area (Å²) >= 11 is 0. The summed E-state index contributed by atoms with van der Waals surface area (Å²) in [5.74, 6) is 1.36. The standard InChI is InChI=1S/C19H28N6O/c1-15-12-16(2)25(23-15)11-4-7-18(26)22-13-17-6-3-10-24(14-17)19-20-8-5-9-21-19/h5,8-9,12,17H,3-4,6-7,10-11,13-14H2,1-2H3,(H,22,26). The van der Waals surface area contributed by atoms with Gasteiger partial charge in [-0.25, -0.2) is 9.97 Å². The van der Waals surface area contributed by atoms with Gasteiger partial charge in [0.15, 0.2) is 0 Å². The molecule has 7 nitrogen and oxygen atoms in total. The summed E-state index contributed by atoms with van der Waals surface area (Å²) in [6.07, 6.45) is 7.14. The zero-order valence-corrected chi connectivity index (χ0v) is 15.7. The third-order valence-corrected chi connectivity index (χ3v) is 4.82. The highest BCUT2D eigenvalue weighted by molar-refractivity contribution is 5.75. The molecular weight excluding hydrogens is 328 g/mol. The van der Waals surface area contributed by atoms with Crippen LogP contribution in [0.5, 0.6) is 0 Å². The molecule has 0 bridgehead atoms. The number of nitrogens with one attached hydrogen (secondary N) is 1. The summed E-state index contributed by atoms with van der Waals surface area (Å²) in [6.45, 7) is 7.43. The summed E-state index contributed by atoms with van der Waals surface area (Å²) < 4.78 is 1.97. The molecular formula is C19H28N6O. The maximum absolute atomic E-state index is 12.1. The summed E-state index contributed by atoms with van der Waals surface area (Å²) in [5, 5.41) is 7.53. The fourth-order valence-electron chi connectivity index (χ4n) is 3.51. The fraction of sp³-hybridized carbons (Fsp3) is 0.579. The van der Waals surface area contributed by atoms with Gasteiger partial charge in [0, 0.05) is 50.7 Å². The van der Waals surface area contributed by atoms with Crippen molar-refractivity contribution >= 4 is 11.9 Å². The Bertz CT molecular complexity index is 714. The number of hydrogen-bond acceptors (Lipinski definition) is 5. The number of carbonyl (C=O) groups excluding carboxylic acids is 1. The van der Waals surface area contributed by atoms with Crippen LogP contribution in [-0.2, 0) is 11.3 Å². The molecule has 1 N–H and O–H groups in total. The number of nitrogens with zero attached hydrogens (tertiary/aromatic N) is 5. The summed E-state index contributed by atoms with van der Waals surface area (Å²) in [6, 6.07) is 3.89. The fourth-order valence-corrected chi connectivity index (χ4v) is 3.51. The molecule has 0 aromatic carbocycles. The molecule has 3 rings (SSSR count). The number of aromatic nitrogens is 4. The van der Waals surface area contributed by atoms with E-state index in [4.69, 9.17) is 0 Å². The first-order valence-corrected chi connectivity index (χ1v) is 9.41. The maximum Gasteiger partial charge on any atom is 0.225 e. The van der Waals surface area contributed by atoms with E-state index < -0.39 is 0 Å². The van der Waals surface area contributed by atoms with Crippen LogP contribution in [0, 0.1) is 19.8 Å². The number of amides is 1. The van der Waals surface area contributed by atoms with Crippen molar-refractivity contribution in [2.24, 2.45) is 5.92 Å². The van der Waals surface area contributed by atoms with Crippen LogP contribution in [0.4, 0.5) is 5.95 Å². The average Bonchev–Trinajstić information content (AvgIpc) is 2.98. The molecule has 1 fully saturated rings. The Labute approximate surface area is 154 Å². The van der Waals surface area contributed by atoms with Crippen molar-refractivity contribution in [2.75, 3.05) is 24.5 Å². The van der Waals surface area contributed by atoms with Gasteiger partial charge < -0.3 is 10.2 Å². The molecule has 0 aliphatic carbocycles. The van der Waals surface area contributed by atoms with Crippen molar-refractivity contribution in [3.8, 4) is 0 Å². The Morgan fingerprint density at radius 2 is 2.12 bits per heavy atom. The second-order valence-corrected chi connectivity index (χ2v) is 7.06. The monoisotopic (exact) mass is 356 g/mol. The predicted octanol–water partition coefficient (Wildman–Crippen LogP) is 2.10. The lowest BCUT2D eigenvalue weighted by Crippen LogP contribution is -2.41. The van der Waals surface area contributed by atoms with E-state index in [1.54, 1.807) is 12.4 Å². The molecule has 3 heterocycles. The number of aryl methyl sites for hydroxylation is 3. The van der Waals surface area contributed by atoms with Crippen LogP contribution >= 0.6 is 0 Å². The Kier molecular flexibility index (Phi) is 6.20. The van der Waals surface area contributed by atoms with E-state index >= 15 is 0 Å². The molecule has 1 saturated heterocycles. The van der Waals surface area contributed by atoms with Gasteiger partial charge in [-0.3, -0.25) is 9.48 Å². The van der Waals surface area contributed by atoms with Crippen LogP contribution in [0.2, 0.25) is 0 Å². The Morgan fingerprint density at radius 1 is 1.31 bits per heavy atom. The minimum atomic E-state index is 0.125. The predicted molar refractivity (Wildman–Crippen MR) is 101 cm³/mol. The first-order valence-electron chi connectivity index (χ1n) is 9.41. The molecule has 1 unspecified atom stereocenters. The van der Waals surface area contributed by atoms with E-state index in [2.05, 4.69) is 31.3 Å². The summed E-state index contributed by atoms with van der Waals surface area (Å²) in [5.41, 5.74) is 2.17. The smallest absolute Gasteiger partial charge is 0.225 e. The Morgan fingerprint density at radius 3 is 2.85 bits per heavy atom. The van der Waals surface area contributed by atoms with Crippen LogP contribution < -0.4 is 10.2 Å². The lowest BCUT2D eigenvalue weighted by molar-refractivity contribution is -0.121. The molecule has 1 aliphatic heterocycles. The van der Waals surface area contributed by atoms with Crippen LogP contribution in [0.3, 0.4) is 0 Å². The van der Waals surface area contributed by atoms with Crippen molar-refractivity contribution < 1.29 is 4.79 Å². The molecule has 26 heavy (non-hydrogen) atoms. The van der Waals surface area contributed by atoms with E-state index in [0.29, 0.717) is 12.3 Å². The lowest BCUT2D eigenvalue weighted by Gasteiger charge is -2.32. The van der Waals surface area contributed by atoms with Gasteiger partial charge in [0.05, 0.1) is 5.69 Å². The van der Waals surface area contributed by atoms with Crippen LogP contribution in [0.1, 0.15) is 37.1 Å². The normalized spacial score (nSPS) is 17.3. The molecule has 2 aromatic heterocycles. The molecule has 140 valence electrons. The van der Waals surface area contributed by atoms with Gasteiger partial charge >= 0.3 is 0 Å². The van der Waals surface area contributed by atoms with E-state index in [1.165, 1.54) is 0 Å². The minimum Gasteiger partial charge on any atom is -0.356 e. The highest BCUT2D eigenvalue weighted by Gasteiger charge is 2.21. The van der Waals surface area contributed by atoms with Gasteiger partial charge in [-0.15, -0.1) is 0 Å². The van der Waals surface area contributed by atoms with Crippen molar-refractivity contribution in [3.05, 3.63) is 35.9 Å². The van der Waals surface area contributed by atoms with E-state index in [1.807, 2.05) is 24.6 Å². The number of anilines is 1. The third-order valence-electron chi connectivity index (χ3n) is 4.82. The summed E-state index contributed by atoms with van der Waals surface area (Å²) in [7, 11) is 0. The van der Waals surface area contributed by atoms with Gasteiger partial charge in [-0.1, -0.05) is 0 Å². The molecule has 1 amide bonds. The molecule has 1 aliphatic rings. The quantitative estimate of drug-likeness (QED) is 0.822. The number of rotatable bonds is 7. The molecule has 0 saturated carbocycles. The average molecular weight is 356 g/mol. The van der Waals surface area contributed by atoms with E-state index in [-0.39, 0.29) is 5.91 Å². The third kappa shape index (κ3) is 5.03. The second kappa shape index (κ2) is 8.78. The van der Waals surface area contributed by atoms with E-state index in [0.717, 1.165) is 62.8 Å². The zero-order valence-electron chi connectivity index (χ0n) is 15.7.